The Labute approximate surface area is 162 Å². The summed E-state index contributed by atoms with van der Waals surface area (Å²) in [4.78, 5) is 17.6. The first-order valence-electron chi connectivity index (χ1n) is 8.71. The number of hydrogen-bond acceptors (Lipinski definition) is 4. The minimum atomic E-state index is 0.575. The number of carbonyl (C=O) groups excluding carboxylic acids is 1. The van der Waals surface area contributed by atoms with Crippen LogP contribution in [0.25, 0.3) is 27.5 Å². The van der Waals surface area contributed by atoms with Gasteiger partial charge in [-0.3, -0.25) is 9.20 Å². The van der Waals surface area contributed by atoms with Crippen LogP contribution in [0, 0.1) is 20.8 Å². The van der Waals surface area contributed by atoms with E-state index in [4.69, 9.17) is 9.72 Å². The van der Waals surface area contributed by atoms with E-state index < -0.39 is 0 Å². The molecule has 2 heterocycles. The van der Waals surface area contributed by atoms with Crippen LogP contribution in [0.5, 0.6) is 5.75 Å². The predicted octanol–water partition coefficient (Wildman–Crippen LogP) is 5.48. The summed E-state index contributed by atoms with van der Waals surface area (Å²) in [7, 11) is 1.65. The molecule has 0 aliphatic carbocycles. The highest BCUT2D eigenvalue weighted by Gasteiger charge is 2.19. The normalized spacial score (nSPS) is 11.1. The molecule has 0 aliphatic rings. The number of methoxy groups -OCH3 is 1. The number of imidazole rings is 1. The van der Waals surface area contributed by atoms with Gasteiger partial charge in [-0.2, -0.15) is 0 Å². The Balaban J connectivity index is 1.94. The quantitative estimate of drug-likeness (QED) is 0.443. The van der Waals surface area contributed by atoms with Crippen molar-refractivity contribution in [2.45, 2.75) is 20.8 Å². The van der Waals surface area contributed by atoms with Gasteiger partial charge in [0.2, 0.25) is 0 Å². The fourth-order valence-corrected chi connectivity index (χ4v) is 4.41. The molecule has 0 aliphatic heterocycles. The first-order chi connectivity index (χ1) is 13.0. The van der Waals surface area contributed by atoms with Crippen molar-refractivity contribution in [1.29, 1.82) is 0 Å². The van der Waals surface area contributed by atoms with E-state index in [2.05, 4.69) is 37.4 Å². The standard InChI is InChI=1S/C22H20N2O2S/c1-13-5-7-17(14(2)9-13)19-12-27-22-23-21(18(11-25)24(19)22)16-6-8-20(26-4)15(3)10-16/h5-12H,1-4H3. The second kappa shape index (κ2) is 6.67. The van der Waals surface area contributed by atoms with Gasteiger partial charge in [0.25, 0.3) is 0 Å². The molecule has 0 spiro atoms. The molecule has 4 nitrogen and oxygen atoms in total. The van der Waals surface area contributed by atoms with Gasteiger partial charge >= 0.3 is 0 Å². The molecule has 136 valence electrons. The Morgan fingerprint density at radius 3 is 2.56 bits per heavy atom. The van der Waals surface area contributed by atoms with Gasteiger partial charge in [-0.1, -0.05) is 23.8 Å². The number of carbonyl (C=O) groups is 1. The number of aryl methyl sites for hydroxylation is 3. The number of nitrogens with zero attached hydrogens (tertiary/aromatic N) is 2. The van der Waals surface area contributed by atoms with E-state index in [0.717, 1.165) is 39.4 Å². The second-order valence-electron chi connectivity index (χ2n) is 6.71. The molecule has 27 heavy (non-hydrogen) atoms. The number of aldehydes is 1. The molecular formula is C22H20N2O2S. The van der Waals surface area contributed by atoms with Crippen molar-refractivity contribution < 1.29 is 9.53 Å². The van der Waals surface area contributed by atoms with Crippen LogP contribution in [0.15, 0.2) is 41.8 Å². The van der Waals surface area contributed by atoms with E-state index in [1.807, 2.05) is 29.5 Å². The predicted molar refractivity (Wildman–Crippen MR) is 110 cm³/mol. The number of aromatic nitrogens is 2. The zero-order valence-electron chi connectivity index (χ0n) is 15.7. The van der Waals surface area contributed by atoms with Crippen LogP contribution in [0.1, 0.15) is 27.2 Å². The average molecular weight is 376 g/mol. The summed E-state index contributed by atoms with van der Waals surface area (Å²) in [6.45, 7) is 6.16. The summed E-state index contributed by atoms with van der Waals surface area (Å²) in [5, 5.41) is 2.07. The molecule has 0 saturated carbocycles. The minimum Gasteiger partial charge on any atom is -0.496 e. The van der Waals surface area contributed by atoms with Crippen molar-refractivity contribution in [3.05, 3.63) is 64.2 Å². The zero-order valence-corrected chi connectivity index (χ0v) is 16.6. The number of ether oxygens (including phenoxy) is 1. The number of hydrogen-bond donors (Lipinski definition) is 0. The van der Waals surface area contributed by atoms with Gasteiger partial charge < -0.3 is 4.74 Å². The lowest BCUT2D eigenvalue weighted by Crippen LogP contribution is -1.96. The van der Waals surface area contributed by atoms with Gasteiger partial charge in [0.15, 0.2) is 11.2 Å². The van der Waals surface area contributed by atoms with Gasteiger partial charge in [-0.15, -0.1) is 11.3 Å². The summed E-state index contributed by atoms with van der Waals surface area (Å²) in [5.74, 6) is 0.823. The molecule has 4 aromatic rings. The van der Waals surface area contributed by atoms with E-state index in [1.165, 1.54) is 11.1 Å². The molecular weight excluding hydrogens is 356 g/mol. The Morgan fingerprint density at radius 2 is 1.89 bits per heavy atom. The summed E-state index contributed by atoms with van der Waals surface area (Å²) in [6.07, 6.45) is 0.897. The molecule has 0 N–H and O–H groups in total. The number of rotatable bonds is 4. The molecule has 0 amide bonds. The fourth-order valence-electron chi connectivity index (χ4n) is 3.52. The van der Waals surface area contributed by atoms with Crippen molar-refractivity contribution in [1.82, 2.24) is 9.38 Å². The largest absolute Gasteiger partial charge is 0.496 e. The van der Waals surface area contributed by atoms with Gasteiger partial charge in [-0.05, 0) is 50.1 Å². The molecule has 0 saturated heterocycles. The zero-order chi connectivity index (χ0) is 19.1. The SMILES string of the molecule is COc1ccc(-c2nc3scc(-c4ccc(C)cc4C)n3c2C=O)cc1C. The first kappa shape index (κ1) is 17.5. The number of benzene rings is 2. The van der Waals surface area contributed by atoms with E-state index in [9.17, 15) is 4.79 Å². The third kappa shape index (κ3) is 2.84. The summed E-state index contributed by atoms with van der Waals surface area (Å²) >= 11 is 1.55. The molecule has 0 unspecified atom stereocenters. The number of fused-ring (bicyclic) bond motifs is 1. The lowest BCUT2D eigenvalue weighted by molar-refractivity contribution is 0.111. The molecule has 2 aromatic carbocycles. The third-order valence-corrected chi connectivity index (χ3v) is 5.66. The summed E-state index contributed by atoms with van der Waals surface area (Å²) in [6, 6.07) is 12.2. The second-order valence-corrected chi connectivity index (χ2v) is 7.54. The third-order valence-electron chi connectivity index (χ3n) is 4.84. The lowest BCUT2D eigenvalue weighted by Gasteiger charge is -2.08. The number of thiazole rings is 1. The van der Waals surface area contributed by atoms with E-state index in [-0.39, 0.29) is 0 Å². The Bertz CT molecular complexity index is 1170. The Kier molecular flexibility index (Phi) is 4.32. The smallest absolute Gasteiger partial charge is 0.195 e. The van der Waals surface area contributed by atoms with Gasteiger partial charge in [-0.25, -0.2) is 4.98 Å². The minimum absolute atomic E-state index is 0.575. The maximum absolute atomic E-state index is 12.0. The van der Waals surface area contributed by atoms with Gasteiger partial charge in [0.1, 0.15) is 17.1 Å². The lowest BCUT2D eigenvalue weighted by atomic mass is 10.0. The maximum atomic E-state index is 12.0. The molecule has 0 radical (unpaired) electrons. The monoisotopic (exact) mass is 376 g/mol. The van der Waals surface area contributed by atoms with Gasteiger partial charge in [0, 0.05) is 16.5 Å². The Morgan fingerprint density at radius 1 is 1.07 bits per heavy atom. The highest BCUT2D eigenvalue weighted by atomic mass is 32.1. The van der Waals surface area contributed by atoms with Crippen LogP contribution in [-0.2, 0) is 0 Å². The van der Waals surface area contributed by atoms with Crippen molar-refractivity contribution in [3.63, 3.8) is 0 Å². The van der Waals surface area contributed by atoms with Crippen LogP contribution in [0.2, 0.25) is 0 Å². The van der Waals surface area contributed by atoms with Crippen molar-refractivity contribution in [2.24, 2.45) is 0 Å². The van der Waals surface area contributed by atoms with E-state index >= 15 is 0 Å². The van der Waals surface area contributed by atoms with Crippen molar-refractivity contribution in [3.8, 4) is 28.3 Å². The molecule has 5 heteroatoms. The highest BCUT2D eigenvalue weighted by Crippen LogP contribution is 2.34. The van der Waals surface area contributed by atoms with E-state index in [1.54, 1.807) is 18.4 Å². The Hall–Kier alpha value is -2.92. The summed E-state index contributed by atoms with van der Waals surface area (Å²) < 4.78 is 7.31. The molecule has 2 aromatic heterocycles. The van der Waals surface area contributed by atoms with Crippen LogP contribution < -0.4 is 4.74 Å². The fraction of sp³-hybridized carbons (Fsp3) is 0.182. The van der Waals surface area contributed by atoms with Crippen LogP contribution in [-0.4, -0.2) is 22.8 Å². The highest BCUT2D eigenvalue weighted by molar-refractivity contribution is 7.15. The first-order valence-corrected chi connectivity index (χ1v) is 9.59. The van der Waals surface area contributed by atoms with Crippen molar-refractivity contribution in [2.75, 3.05) is 7.11 Å². The molecule has 0 fully saturated rings. The van der Waals surface area contributed by atoms with Crippen molar-refractivity contribution >= 4 is 22.6 Å². The van der Waals surface area contributed by atoms with Crippen LogP contribution >= 0.6 is 11.3 Å². The topological polar surface area (TPSA) is 43.6 Å². The van der Waals surface area contributed by atoms with E-state index in [0.29, 0.717) is 11.4 Å². The van der Waals surface area contributed by atoms with Gasteiger partial charge in [0.05, 0.1) is 12.8 Å². The molecule has 0 bridgehead atoms. The average Bonchev–Trinajstić information content (AvgIpc) is 3.21. The van der Waals surface area contributed by atoms with Crippen LogP contribution in [0.4, 0.5) is 0 Å². The molecule has 4 rings (SSSR count). The maximum Gasteiger partial charge on any atom is 0.195 e. The summed E-state index contributed by atoms with van der Waals surface area (Å²) in [5.41, 5.74) is 7.72. The van der Waals surface area contributed by atoms with Crippen LogP contribution in [0.3, 0.4) is 0 Å². The molecule has 0 atom stereocenters.